The van der Waals surface area contributed by atoms with Crippen LogP contribution in [0.3, 0.4) is 0 Å². The van der Waals surface area contributed by atoms with Gasteiger partial charge >= 0.3 is 0 Å². The standard InChI is InChI=1S/C16H19FN2O/c1-18-9-4-10-19(16(20)12-5-2-3-6-12)15-11-13(17)7-8-14(15)18/h2-3,7-8,11-12H,4-6,9-10H2,1H3. The fourth-order valence-electron chi connectivity index (χ4n) is 3.01. The summed E-state index contributed by atoms with van der Waals surface area (Å²) in [5, 5.41) is 0. The van der Waals surface area contributed by atoms with Gasteiger partial charge in [-0.1, -0.05) is 12.2 Å². The SMILES string of the molecule is CN1CCCN(C(=O)C2CC=CC2)c2cc(F)ccc21. The third-order valence-electron chi connectivity index (χ3n) is 4.14. The monoisotopic (exact) mass is 274 g/mol. The van der Waals surface area contributed by atoms with E-state index in [4.69, 9.17) is 0 Å². The molecule has 2 aliphatic rings. The van der Waals surface area contributed by atoms with Crippen LogP contribution >= 0.6 is 0 Å². The molecule has 0 aromatic heterocycles. The van der Waals surface area contributed by atoms with E-state index in [0.717, 1.165) is 31.5 Å². The summed E-state index contributed by atoms with van der Waals surface area (Å²) in [6, 6.07) is 4.71. The van der Waals surface area contributed by atoms with Gasteiger partial charge in [-0.2, -0.15) is 0 Å². The topological polar surface area (TPSA) is 23.6 Å². The van der Waals surface area contributed by atoms with Gasteiger partial charge in [-0.05, 0) is 37.5 Å². The maximum absolute atomic E-state index is 13.6. The molecule has 3 nitrogen and oxygen atoms in total. The van der Waals surface area contributed by atoms with E-state index in [1.807, 2.05) is 7.05 Å². The second-order valence-corrected chi connectivity index (χ2v) is 5.54. The van der Waals surface area contributed by atoms with E-state index in [2.05, 4.69) is 17.1 Å². The number of hydrogen-bond acceptors (Lipinski definition) is 2. The van der Waals surface area contributed by atoms with E-state index in [1.165, 1.54) is 12.1 Å². The van der Waals surface area contributed by atoms with Crippen molar-refractivity contribution in [3.05, 3.63) is 36.2 Å². The summed E-state index contributed by atoms with van der Waals surface area (Å²) in [7, 11) is 1.99. The zero-order chi connectivity index (χ0) is 14.1. The number of benzene rings is 1. The number of allylic oxidation sites excluding steroid dienone is 2. The van der Waals surface area contributed by atoms with E-state index < -0.39 is 0 Å². The number of nitrogens with zero attached hydrogens (tertiary/aromatic N) is 2. The van der Waals surface area contributed by atoms with E-state index in [1.54, 1.807) is 11.0 Å². The molecular weight excluding hydrogens is 255 g/mol. The second kappa shape index (κ2) is 5.27. The number of carbonyl (C=O) groups excluding carboxylic acids is 1. The second-order valence-electron chi connectivity index (χ2n) is 5.54. The summed E-state index contributed by atoms with van der Waals surface area (Å²) in [4.78, 5) is 16.5. The number of fused-ring (bicyclic) bond motifs is 1. The van der Waals surface area contributed by atoms with Crippen LogP contribution in [0.25, 0.3) is 0 Å². The van der Waals surface area contributed by atoms with Crippen molar-refractivity contribution in [3.63, 3.8) is 0 Å². The lowest BCUT2D eigenvalue weighted by molar-refractivity contribution is -0.122. The van der Waals surface area contributed by atoms with Gasteiger partial charge in [0.05, 0.1) is 11.4 Å². The Hall–Kier alpha value is -1.84. The van der Waals surface area contributed by atoms with Crippen LogP contribution in [0.2, 0.25) is 0 Å². The summed E-state index contributed by atoms with van der Waals surface area (Å²) in [5.41, 5.74) is 1.64. The quantitative estimate of drug-likeness (QED) is 0.735. The lowest BCUT2D eigenvalue weighted by Gasteiger charge is -2.26. The zero-order valence-electron chi connectivity index (χ0n) is 11.7. The number of anilines is 2. The van der Waals surface area contributed by atoms with Crippen LogP contribution in [0.5, 0.6) is 0 Å². The summed E-state index contributed by atoms with van der Waals surface area (Å²) >= 11 is 0. The lowest BCUT2D eigenvalue weighted by atomic mass is 10.0. The van der Waals surface area contributed by atoms with Crippen LogP contribution in [0, 0.1) is 11.7 Å². The van der Waals surface area contributed by atoms with Crippen LogP contribution in [0.15, 0.2) is 30.4 Å². The van der Waals surface area contributed by atoms with Crippen LogP contribution in [-0.2, 0) is 4.79 Å². The van der Waals surface area contributed by atoms with E-state index in [-0.39, 0.29) is 17.6 Å². The Bertz CT molecular complexity index is 547. The van der Waals surface area contributed by atoms with E-state index in [0.29, 0.717) is 12.2 Å². The van der Waals surface area contributed by atoms with Gasteiger partial charge in [0.15, 0.2) is 0 Å². The molecule has 1 aromatic carbocycles. The molecule has 4 heteroatoms. The van der Waals surface area contributed by atoms with Gasteiger partial charge < -0.3 is 9.80 Å². The molecule has 0 unspecified atom stereocenters. The number of amides is 1. The molecule has 0 spiro atoms. The van der Waals surface area contributed by atoms with Gasteiger partial charge in [0.1, 0.15) is 5.82 Å². The van der Waals surface area contributed by atoms with Crippen LogP contribution in [-0.4, -0.2) is 26.0 Å². The first-order valence-corrected chi connectivity index (χ1v) is 7.14. The minimum atomic E-state index is -0.290. The molecule has 0 bridgehead atoms. The van der Waals surface area contributed by atoms with Crippen molar-refractivity contribution in [2.75, 3.05) is 29.9 Å². The largest absolute Gasteiger partial charge is 0.373 e. The minimum absolute atomic E-state index is 0.0227. The highest BCUT2D eigenvalue weighted by Gasteiger charge is 2.29. The van der Waals surface area contributed by atoms with Crippen LogP contribution < -0.4 is 9.80 Å². The molecule has 0 radical (unpaired) electrons. The predicted molar refractivity (Wildman–Crippen MR) is 78.5 cm³/mol. The Labute approximate surface area is 118 Å². The Morgan fingerprint density at radius 1 is 1.20 bits per heavy atom. The van der Waals surface area contributed by atoms with Gasteiger partial charge in [-0.25, -0.2) is 4.39 Å². The van der Waals surface area contributed by atoms with Crippen molar-refractivity contribution in [3.8, 4) is 0 Å². The summed E-state index contributed by atoms with van der Waals surface area (Å²) in [6.45, 7) is 1.54. The molecule has 3 rings (SSSR count). The summed E-state index contributed by atoms with van der Waals surface area (Å²) in [5.74, 6) is -0.145. The van der Waals surface area contributed by atoms with Gasteiger partial charge in [0, 0.05) is 26.1 Å². The van der Waals surface area contributed by atoms with E-state index >= 15 is 0 Å². The Balaban J connectivity index is 1.96. The lowest BCUT2D eigenvalue weighted by Crippen LogP contribution is -2.36. The molecule has 1 aliphatic carbocycles. The molecule has 20 heavy (non-hydrogen) atoms. The Morgan fingerprint density at radius 3 is 2.70 bits per heavy atom. The molecule has 0 saturated heterocycles. The highest BCUT2D eigenvalue weighted by molar-refractivity contribution is 5.98. The normalized spacial score (nSPS) is 19.1. The number of carbonyl (C=O) groups is 1. The average molecular weight is 274 g/mol. The van der Waals surface area contributed by atoms with Gasteiger partial charge in [0.2, 0.25) is 5.91 Å². The van der Waals surface area contributed by atoms with Gasteiger partial charge in [-0.15, -0.1) is 0 Å². The van der Waals surface area contributed by atoms with Crippen molar-refractivity contribution in [2.24, 2.45) is 5.92 Å². The smallest absolute Gasteiger partial charge is 0.230 e. The Morgan fingerprint density at radius 2 is 1.95 bits per heavy atom. The summed E-state index contributed by atoms with van der Waals surface area (Å²) in [6.07, 6.45) is 6.61. The molecule has 106 valence electrons. The molecule has 0 atom stereocenters. The molecule has 1 heterocycles. The molecule has 0 N–H and O–H groups in total. The van der Waals surface area contributed by atoms with Crippen molar-refractivity contribution in [1.82, 2.24) is 0 Å². The Kier molecular flexibility index (Phi) is 3.47. The molecule has 1 amide bonds. The number of rotatable bonds is 1. The third-order valence-corrected chi connectivity index (χ3v) is 4.14. The molecule has 1 aromatic rings. The number of hydrogen-bond donors (Lipinski definition) is 0. The fourth-order valence-corrected chi connectivity index (χ4v) is 3.01. The average Bonchev–Trinajstić information content (AvgIpc) is 2.91. The maximum atomic E-state index is 13.6. The van der Waals surface area contributed by atoms with Crippen LogP contribution in [0.1, 0.15) is 19.3 Å². The predicted octanol–water partition coefficient (Wildman–Crippen LogP) is 2.96. The van der Waals surface area contributed by atoms with Crippen molar-refractivity contribution in [1.29, 1.82) is 0 Å². The first-order valence-electron chi connectivity index (χ1n) is 7.14. The van der Waals surface area contributed by atoms with Gasteiger partial charge in [0.25, 0.3) is 0 Å². The highest BCUT2D eigenvalue weighted by Crippen LogP contribution is 2.34. The highest BCUT2D eigenvalue weighted by atomic mass is 19.1. The summed E-state index contributed by atoms with van der Waals surface area (Å²) < 4.78 is 13.6. The number of halogens is 1. The fraction of sp³-hybridized carbons (Fsp3) is 0.438. The zero-order valence-corrected chi connectivity index (χ0v) is 11.7. The third kappa shape index (κ3) is 2.30. The minimum Gasteiger partial charge on any atom is -0.373 e. The molecule has 0 saturated carbocycles. The van der Waals surface area contributed by atoms with E-state index in [9.17, 15) is 9.18 Å². The molecule has 0 fully saturated rings. The van der Waals surface area contributed by atoms with Crippen molar-refractivity contribution >= 4 is 17.3 Å². The van der Waals surface area contributed by atoms with Crippen molar-refractivity contribution < 1.29 is 9.18 Å². The molecular formula is C16H19FN2O. The first kappa shape index (κ1) is 13.2. The van der Waals surface area contributed by atoms with Gasteiger partial charge in [-0.3, -0.25) is 4.79 Å². The molecule has 1 aliphatic heterocycles. The first-order chi connectivity index (χ1) is 9.66. The maximum Gasteiger partial charge on any atom is 0.230 e. The van der Waals surface area contributed by atoms with Crippen LogP contribution in [0.4, 0.5) is 15.8 Å². The van der Waals surface area contributed by atoms with Crippen molar-refractivity contribution in [2.45, 2.75) is 19.3 Å².